The molecule has 0 radical (unpaired) electrons. The zero-order valence-electron chi connectivity index (χ0n) is 17.9. The van der Waals surface area contributed by atoms with Gasteiger partial charge in [-0.2, -0.15) is 0 Å². The highest BCUT2D eigenvalue weighted by molar-refractivity contribution is 6.32. The van der Waals surface area contributed by atoms with Gasteiger partial charge < -0.3 is 30.3 Å². The van der Waals surface area contributed by atoms with Crippen LogP contribution < -0.4 is 0 Å². The minimum atomic E-state index is -1.08. The van der Waals surface area contributed by atoms with Crippen LogP contribution in [0.3, 0.4) is 0 Å². The molecule has 4 atom stereocenters. The molecule has 5 rings (SSSR count). The lowest BCUT2D eigenvalue weighted by Gasteiger charge is -2.36. The highest BCUT2D eigenvalue weighted by Crippen LogP contribution is 2.45. The number of ether oxygens (including phenoxy) is 1. The number of aliphatic hydroxyl groups excluding tert-OH is 2. The van der Waals surface area contributed by atoms with Crippen LogP contribution in [-0.4, -0.2) is 55.4 Å². The summed E-state index contributed by atoms with van der Waals surface area (Å²) in [4.78, 5) is 26.7. The number of phenols is 3. The van der Waals surface area contributed by atoms with Crippen molar-refractivity contribution in [1.29, 1.82) is 0 Å². The van der Waals surface area contributed by atoms with Gasteiger partial charge in [-0.3, -0.25) is 9.59 Å². The van der Waals surface area contributed by atoms with Crippen LogP contribution in [0.15, 0.2) is 30.3 Å². The molecule has 33 heavy (non-hydrogen) atoms. The van der Waals surface area contributed by atoms with Gasteiger partial charge in [-0.05, 0) is 43.7 Å². The van der Waals surface area contributed by atoms with Crippen molar-refractivity contribution in [2.45, 2.75) is 44.7 Å². The summed E-state index contributed by atoms with van der Waals surface area (Å²) in [5.41, 5.74) is 0.272. The number of aryl methyl sites for hydroxylation is 1. The van der Waals surface area contributed by atoms with E-state index in [0.29, 0.717) is 5.56 Å². The van der Waals surface area contributed by atoms with E-state index in [9.17, 15) is 35.1 Å². The molecule has 3 aromatic carbocycles. The first-order chi connectivity index (χ1) is 15.6. The normalized spacial score (nSPS) is 24.6. The molecule has 0 saturated carbocycles. The second-order valence-electron chi connectivity index (χ2n) is 8.73. The molecule has 2 aliphatic rings. The first kappa shape index (κ1) is 21.4. The molecule has 8 heteroatoms. The number of ketones is 2. The van der Waals surface area contributed by atoms with Crippen LogP contribution in [0.4, 0.5) is 0 Å². The van der Waals surface area contributed by atoms with E-state index >= 15 is 0 Å². The van der Waals surface area contributed by atoms with E-state index < -0.39 is 47.5 Å². The summed E-state index contributed by atoms with van der Waals surface area (Å²) < 4.78 is 5.72. The number of hydrogen-bond donors (Lipinski definition) is 5. The van der Waals surface area contributed by atoms with Gasteiger partial charge in [-0.1, -0.05) is 6.07 Å². The van der Waals surface area contributed by atoms with Crippen LogP contribution in [0.25, 0.3) is 10.8 Å². The van der Waals surface area contributed by atoms with E-state index in [1.165, 1.54) is 24.3 Å². The highest BCUT2D eigenvalue weighted by Gasteiger charge is 2.40. The molecule has 0 spiro atoms. The SMILES string of the molecule is Cc1cc(O)c2cc3c(c(O)c2c1)C(=O)c1ccc([C@H]2C[C@@H](O)[C@H](O)[C@@H](C)O2)c(O)c1C3=O. The van der Waals surface area contributed by atoms with Gasteiger partial charge in [0, 0.05) is 33.9 Å². The van der Waals surface area contributed by atoms with Crippen molar-refractivity contribution in [2.24, 2.45) is 0 Å². The molecule has 1 heterocycles. The van der Waals surface area contributed by atoms with E-state index in [1.807, 2.05) is 0 Å². The Labute approximate surface area is 188 Å². The lowest BCUT2D eigenvalue weighted by molar-refractivity contribution is -0.163. The van der Waals surface area contributed by atoms with E-state index in [1.54, 1.807) is 19.9 Å². The van der Waals surface area contributed by atoms with Crippen LogP contribution in [0.5, 0.6) is 17.2 Å². The van der Waals surface area contributed by atoms with Crippen molar-refractivity contribution < 1.29 is 39.9 Å². The van der Waals surface area contributed by atoms with Gasteiger partial charge in [0.1, 0.15) is 23.4 Å². The predicted molar refractivity (Wildman–Crippen MR) is 117 cm³/mol. The largest absolute Gasteiger partial charge is 0.507 e. The lowest BCUT2D eigenvalue weighted by atomic mass is 9.79. The van der Waals surface area contributed by atoms with Gasteiger partial charge in [-0.25, -0.2) is 0 Å². The molecule has 5 N–H and O–H groups in total. The summed E-state index contributed by atoms with van der Waals surface area (Å²) in [6.07, 6.45) is -3.67. The summed E-state index contributed by atoms with van der Waals surface area (Å²) in [7, 11) is 0. The van der Waals surface area contributed by atoms with Crippen molar-refractivity contribution >= 4 is 22.3 Å². The van der Waals surface area contributed by atoms with E-state index in [0.717, 1.165) is 0 Å². The van der Waals surface area contributed by atoms with Gasteiger partial charge in [0.05, 0.1) is 29.4 Å². The third-order valence-electron chi connectivity index (χ3n) is 6.56. The number of hydrogen-bond acceptors (Lipinski definition) is 8. The van der Waals surface area contributed by atoms with Crippen LogP contribution in [-0.2, 0) is 4.74 Å². The van der Waals surface area contributed by atoms with Crippen molar-refractivity contribution in [1.82, 2.24) is 0 Å². The molecule has 1 fully saturated rings. The van der Waals surface area contributed by atoms with E-state index in [2.05, 4.69) is 0 Å². The van der Waals surface area contributed by atoms with Gasteiger partial charge in [0.2, 0.25) is 0 Å². The summed E-state index contributed by atoms with van der Waals surface area (Å²) in [5.74, 6) is -2.32. The number of benzene rings is 3. The van der Waals surface area contributed by atoms with E-state index in [-0.39, 0.29) is 50.8 Å². The molecular formula is C25H22O8. The first-order valence-electron chi connectivity index (χ1n) is 10.6. The Hall–Kier alpha value is -3.46. The predicted octanol–water partition coefficient (Wildman–Crippen LogP) is 2.61. The summed E-state index contributed by atoms with van der Waals surface area (Å²) in [6.45, 7) is 3.31. The molecule has 0 aromatic heterocycles. The summed E-state index contributed by atoms with van der Waals surface area (Å²) in [6, 6.07) is 7.26. The minimum absolute atomic E-state index is 0.00474. The fraction of sp³-hybridized carbons (Fsp3) is 0.280. The number of phenolic OH excluding ortho intramolecular Hbond substituents is 3. The number of carbonyl (C=O) groups excluding carboxylic acids is 2. The van der Waals surface area contributed by atoms with Gasteiger partial charge in [0.25, 0.3) is 0 Å². The molecule has 170 valence electrons. The second-order valence-corrected chi connectivity index (χ2v) is 8.73. The second kappa shape index (κ2) is 7.28. The average Bonchev–Trinajstić information content (AvgIpc) is 2.75. The summed E-state index contributed by atoms with van der Waals surface area (Å²) in [5, 5.41) is 52.7. The molecule has 1 aliphatic carbocycles. The Morgan fingerprint density at radius 2 is 1.55 bits per heavy atom. The van der Waals surface area contributed by atoms with Crippen LogP contribution in [0.1, 0.15) is 62.4 Å². The summed E-state index contributed by atoms with van der Waals surface area (Å²) >= 11 is 0. The third-order valence-corrected chi connectivity index (χ3v) is 6.56. The number of aliphatic hydroxyl groups is 2. The van der Waals surface area contributed by atoms with Crippen LogP contribution >= 0.6 is 0 Å². The molecular weight excluding hydrogens is 428 g/mol. The molecule has 1 aliphatic heterocycles. The van der Waals surface area contributed by atoms with Gasteiger partial charge in [-0.15, -0.1) is 0 Å². The average molecular weight is 450 g/mol. The fourth-order valence-electron chi connectivity index (χ4n) is 4.84. The lowest BCUT2D eigenvalue weighted by Crippen LogP contribution is -2.44. The molecule has 0 bridgehead atoms. The highest BCUT2D eigenvalue weighted by atomic mass is 16.5. The van der Waals surface area contributed by atoms with Gasteiger partial charge >= 0.3 is 0 Å². The maximum Gasteiger partial charge on any atom is 0.198 e. The number of carbonyl (C=O) groups is 2. The Morgan fingerprint density at radius 3 is 2.24 bits per heavy atom. The van der Waals surface area contributed by atoms with E-state index in [4.69, 9.17) is 4.74 Å². The molecule has 0 amide bonds. The molecule has 3 aromatic rings. The Bertz CT molecular complexity index is 1350. The standard InChI is InChI=1S/C25H22O8/c1-9-5-14-13(16(26)6-9)7-15-20(24(14)31)23(30)12-4-3-11(22(29)19(12)25(15)32)18-8-17(27)21(28)10(2)33-18/h3-7,10,17-18,21,26-29,31H,8H2,1-2H3/t10-,17-,18-,21-/m1/s1. The third kappa shape index (κ3) is 3.02. The number of aromatic hydroxyl groups is 3. The molecule has 0 unspecified atom stereocenters. The number of fused-ring (bicyclic) bond motifs is 3. The Kier molecular flexibility index (Phi) is 4.72. The minimum Gasteiger partial charge on any atom is -0.507 e. The quantitative estimate of drug-likeness (QED) is 0.298. The Morgan fingerprint density at radius 1 is 0.879 bits per heavy atom. The zero-order valence-corrected chi connectivity index (χ0v) is 17.9. The van der Waals surface area contributed by atoms with Gasteiger partial charge in [0.15, 0.2) is 11.6 Å². The molecule has 8 nitrogen and oxygen atoms in total. The van der Waals surface area contributed by atoms with Crippen molar-refractivity contribution in [3.8, 4) is 17.2 Å². The fourth-order valence-corrected chi connectivity index (χ4v) is 4.84. The maximum atomic E-state index is 13.4. The van der Waals surface area contributed by atoms with Crippen molar-refractivity contribution in [3.05, 3.63) is 63.7 Å². The van der Waals surface area contributed by atoms with Crippen LogP contribution in [0, 0.1) is 6.92 Å². The van der Waals surface area contributed by atoms with Crippen LogP contribution in [0.2, 0.25) is 0 Å². The number of rotatable bonds is 1. The molecule has 1 saturated heterocycles. The van der Waals surface area contributed by atoms with Crippen molar-refractivity contribution in [3.63, 3.8) is 0 Å². The monoisotopic (exact) mass is 450 g/mol. The maximum absolute atomic E-state index is 13.4. The zero-order chi connectivity index (χ0) is 23.8. The van der Waals surface area contributed by atoms with Crippen molar-refractivity contribution in [2.75, 3.05) is 0 Å². The Balaban J connectivity index is 1.68. The topological polar surface area (TPSA) is 145 Å². The first-order valence-corrected chi connectivity index (χ1v) is 10.6. The smallest absolute Gasteiger partial charge is 0.198 e.